The molecule has 2 aliphatic rings. The summed E-state index contributed by atoms with van der Waals surface area (Å²) in [6.07, 6.45) is 4.65. The molecule has 25 heavy (non-hydrogen) atoms. The number of carbonyl (C=O) groups excluding carboxylic acids is 2. The first kappa shape index (κ1) is 17.9. The van der Waals surface area contributed by atoms with Gasteiger partial charge in [0.15, 0.2) is 0 Å². The molecule has 2 heterocycles. The van der Waals surface area contributed by atoms with Crippen molar-refractivity contribution >= 4 is 11.9 Å². The first-order chi connectivity index (χ1) is 12.2. The van der Waals surface area contributed by atoms with Gasteiger partial charge in [-0.25, -0.2) is 4.79 Å². The lowest BCUT2D eigenvalue weighted by Crippen LogP contribution is -2.50. The molecule has 0 radical (unpaired) electrons. The summed E-state index contributed by atoms with van der Waals surface area (Å²) in [5.74, 6) is -0.223. The Balaban J connectivity index is 1.60. The average Bonchev–Trinajstić information content (AvgIpc) is 3.24. The Hall–Kier alpha value is -1.92. The lowest BCUT2D eigenvalue weighted by atomic mass is 10.0. The number of nitrogens with zero attached hydrogens (tertiary/aromatic N) is 2. The second-order valence-corrected chi connectivity index (χ2v) is 6.97. The van der Waals surface area contributed by atoms with Gasteiger partial charge in [-0.1, -0.05) is 30.3 Å². The lowest BCUT2D eigenvalue weighted by molar-refractivity contribution is -0.121. The van der Waals surface area contributed by atoms with Gasteiger partial charge in [0.25, 0.3) is 0 Å². The number of amides is 3. The third-order valence-electron chi connectivity index (χ3n) is 5.33. The Bertz CT molecular complexity index is 592. The largest absolute Gasteiger partial charge is 0.341 e. The Kier molecular flexibility index (Phi) is 6.04. The molecule has 3 rings (SSSR count). The zero-order chi connectivity index (χ0) is 17.6. The molecule has 2 N–H and O–H groups in total. The van der Waals surface area contributed by atoms with E-state index in [9.17, 15) is 9.59 Å². The van der Waals surface area contributed by atoms with Crippen molar-refractivity contribution in [2.24, 2.45) is 0 Å². The summed E-state index contributed by atoms with van der Waals surface area (Å²) in [6.45, 7) is 3.32. The van der Waals surface area contributed by atoms with Crippen LogP contribution in [-0.2, 0) is 11.3 Å². The number of carbonyl (C=O) groups is 2. The fourth-order valence-electron chi connectivity index (χ4n) is 4.20. The number of hydrogen-bond donors (Lipinski definition) is 2. The minimum Gasteiger partial charge on any atom is -0.341 e. The van der Waals surface area contributed by atoms with Crippen LogP contribution in [0.1, 0.15) is 31.2 Å². The van der Waals surface area contributed by atoms with E-state index in [0.717, 1.165) is 32.5 Å². The number of likely N-dealkylation sites (tertiary alicyclic amines) is 2. The molecule has 2 saturated heterocycles. The van der Waals surface area contributed by atoms with E-state index >= 15 is 0 Å². The monoisotopic (exact) mass is 344 g/mol. The van der Waals surface area contributed by atoms with Gasteiger partial charge in [-0.15, -0.1) is 0 Å². The smallest absolute Gasteiger partial charge is 0.321 e. The van der Waals surface area contributed by atoms with E-state index in [1.807, 2.05) is 0 Å². The van der Waals surface area contributed by atoms with Crippen LogP contribution in [0.2, 0.25) is 0 Å². The fraction of sp³-hybridized carbons (Fsp3) is 0.579. The Morgan fingerprint density at radius 1 is 1.04 bits per heavy atom. The molecule has 0 aliphatic carbocycles. The third kappa shape index (κ3) is 4.58. The van der Waals surface area contributed by atoms with Gasteiger partial charge in [0, 0.05) is 25.7 Å². The highest BCUT2D eigenvalue weighted by Gasteiger charge is 2.38. The SMILES string of the molecule is CNC(=O)NC(=O)CN1CCC[C@@H]1[C@@H]1CCCN1Cc1ccccc1. The minimum absolute atomic E-state index is 0.223. The van der Waals surface area contributed by atoms with E-state index in [0.29, 0.717) is 18.6 Å². The average molecular weight is 344 g/mol. The van der Waals surface area contributed by atoms with Crippen LogP contribution in [-0.4, -0.2) is 60.5 Å². The summed E-state index contributed by atoms with van der Waals surface area (Å²) >= 11 is 0. The highest BCUT2D eigenvalue weighted by atomic mass is 16.2. The van der Waals surface area contributed by atoms with Crippen LogP contribution in [0.15, 0.2) is 30.3 Å². The minimum atomic E-state index is -0.438. The van der Waals surface area contributed by atoms with Gasteiger partial charge < -0.3 is 5.32 Å². The zero-order valence-electron chi connectivity index (χ0n) is 14.9. The molecule has 0 aromatic heterocycles. The molecule has 0 spiro atoms. The number of hydrogen-bond acceptors (Lipinski definition) is 4. The Labute approximate surface area is 149 Å². The van der Waals surface area contributed by atoms with Crippen LogP contribution in [0.3, 0.4) is 0 Å². The maximum Gasteiger partial charge on any atom is 0.321 e. The van der Waals surface area contributed by atoms with Crippen LogP contribution in [0.4, 0.5) is 4.79 Å². The Morgan fingerprint density at radius 2 is 1.68 bits per heavy atom. The number of nitrogens with one attached hydrogen (secondary N) is 2. The number of urea groups is 1. The molecule has 136 valence electrons. The van der Waals surface area contributed by atoms with Crippen molar-refractivity contribution in [2.75, 3.05) is 26.7 Å². The molecule has 0 unspecified atom stereocenters. The normalized spacial score (nSPS) is 24.4. The Morgan fingerprint density at radius 3 is 2.36 bits per heavy atom. The second kappa shape index (κ2) is 8.45. The third-order valence-corrected chi connectivity index (χ3v) is 5.33. The summed E-state index contributed by atoms with van der Waals surface area (Å²) < 4.78 is 0. The predicted octanol–water partition coefficient (Wildman–Crippen LogP) is 1.57. The van der Waals surface area contributed by atoms with Gasteiger partial charge in [0.2, 0.25) is 5.91 Å². The molecule has 1 aromatic carbocycles. The quantitative estimate of drug-likeness (QED) is 0.851. The molecule has 6 nitrogen and oxygen atoms in total. The second-order valence-electron chi connectivity index (χ2n) is 6.97. The molecule has 2 atom stereocenters. The van der Waals surface area contributed by atoms with Crippen molar-refractivity contribution in [2.45, 2.75) is 44.3 Å². The summed E-state index contributed by atoms with van der Waals surface area (Å²) in [7, 11) is 1.52. The number of rotatable bonds is 5. The van der Waals surface area contributed by atoms with Crippen LogP contribution < -0.4 is 10.6 Å². The summed E-state index contributed by atoms with van der Waals surface area (Å²) in [5.41, 5.74) is 1.34. The highest BCUT2D eigenvalue weighted by molar-refractivity contribution is 5.95. The maximum atomic E-state index is 12.1. The summed E-state index contributed by atoms with van der Waals surface area (Å²) in [6, 6.07) is 11.0. The van der Waals surface area contributed by atoms with Crippen molar-refractivity contribution in [1.82, 2.24) is 20.4 Å². The molecule has 1 aromatic rings. The van der Waals surface area contributed by atoms with Gasteiger partial charge >= 0.3 is 6.03 Å². The summed E-state index contributed by atoms with van der Waals surface area (Å²) in [5, 5.41) is 4.80. The van der Waals surface area contributed by atoms with Crippen molar-refractivity contribution < 1.29 is 9.59 Å². The first-order valence-corrected chi connectivity index (χ1v) is 9.21. The van der Waals surface area contributed by atoms with Gasteiger partial charge in [-0.05, 0) is 44.3 Å². The molecule has 2 aliphatic heterocycles. The zero-order valence-corrected chi connectivity index (χ0v) is 14.9. The van der Waals surface area contributed by atoms with Crippen molar-refractivity contribution in [3.05, 3.63) is 35.9 Å². The number of benzene rings is 1. The van der Waals surface area contributed by atoms with Gasteiger partial charge in [-0.3, -0.25) is 19.9 Å². The highest BCUT2D eigenvalue weighted by Crippen LogP contribution is 2.30. The molecule has 2 fully saturated rings. The number of imide groups is 1. The molecular formula is C19H28N4O2. The first-order valence-electron chi connectivity index (χ1n) is 9.21. The van der Waals surface area contributed by atoms with Gasteiger partial charge in [0.05, 0.1) is 6.54 Å². The maximum absolute atomic E-state index is 12.1. The summed E-state index contributed by atoms with van der Waals surface area (Å²) in [4.78, 5) is 28.2. The van der Waals surface area contributed by atoms with Crippen LogP contribution in [0, 0.1) is 0 Å². The van der Waals surface area contributed by atoms with Crippen LogP contribution >= 0.6 is 0 Å². The van der Waals surface area contributed by atoms with Crippen LogP contribution in [0.5, 0.6) is 0 Å². The van der Waals surface area contributed by atoms with Crippen molar-refractivity contribution in [3.8, 4) is 0 Å². The standard InChI is InChI=1S/C19H28N4O2/c1-20-19(25)21-18(24)14-23-12-6-10-17(23)16-9-5-11-22(16)13-15-7-3-2-4-8-15/h2-4,7-8,16-17H,5-6,9-14H2,1H3,(H2,20,21,24,25)/t16-,17+/m0/s1. The van der Waals surface area contributed by atoms with E-state index in [4.69, 9.17) is 0 Å². The van der Waals surface area contributed by atoms with Crippen molar-refractivity contribution in [3.63, 3.8) is 0 Å². The lowest BCUT2D eigenvalue weighted by Gasteiger charge is -2.34. The molecular weight excluding hydrogens is 316 g/mol. The van der Waals surface area contributed by atoms with Gasteiger partial charge in [0.1, 0.15) is 0 Å². The van der Waals surface area contributed by atoms with Crippen LogP contribution in [0.25, 0.3) is 0 Å². The molecule has 6 heteroatoms. The molecule has 0 bridgehead atoms. The van der Waals surface area contributed by atoms with E-state index in [1.54, 1.807) is 0 Å². The molecule has 3 amide bonds. The van der Waals surface area contributed by atoms with Crippen molar-refractivity contribution in [1.29, 1.82) is 0 Å². The van der Waals surface area contributed by atoms with E-state index in [2.05, 4.69) is 50.8 Å². The predicted molar refractivity (Wildman–Crippen MR) is 97.1 cm³/mol. The van der Waals surface area contributed by atoms with E-state index < -0.39 is 6.03 Å². The van der Waals surface area contributed by atoms with Gasteiger partial charge in [-0.2, -0.15) is 0 Å². The van der Waals surface area contributed by atoms with E-state index in [1.165, 1.54) is 25.5 Å². The fourth-order valence-corrected chi connectivity index (χ4v) is 4.20. The molecule has 0 saturated carbocycles. The topological polar surface area (TPSA) is 64.7 Å². The van der Waals surface area contributed by atoms with E-state index in [-0.39, 0.29) is 5.91 Å².